The summed E-state index contributed by atoms with van der Waals surface area (Å²) in [7, 11) is -3.59. The van der Waals surface area contributed by atoms with Crippen molar-refractivity contribution < 1.29 is 12.8 Å². The SMILES string of the molecule is O=S(=O)(c1ccc(Br)cc1)N(CCc1cccs1)Cc1ccco1. The average molecular weight is 426 g/mol. The molecule has 0 saturated heterocycles. The molecular weight excluding hydrogens is 410 g/mol. The van der Waals surface area contributed by atoms with Crippen molar-refractivity contribution in [1.29, 1.82) is 0 Å². The summed E-state index contributed by atoms with van der Waals surface area (Å²) >= 11 is 4.96. The first kappa shape index (κ1) is 17.4. The molecule has 7 heteroatoms. The van der Waals surface area contributed by atoms with E-state index in [4.69, 9.17) is 4.42 Å². The van der Waals surface area contributed by atoms with Crippen molar-refractivity contribution in [1.82, 2.24) is 4.31 Å². The van der Waals surface area contributed by atoms with Gasteiger partial charge < -0.3 is 4.42 Å². The highest BCUT2D eigenvalue weighted by atomic mass is 79.9. The highest BCUT2D eigenvalue weighted by Crippen LogP contribution is 2.22. The summed E-state index contributed by atoms with van der Waals surface area (Å²) < 4.78 is 33.7. The highest BCUT2D eigenvalue weighted by molar-refractivity contribution is 9.10. The Bertz CT molecular complexity index is 857. The van der Waals surface area contributed by atoms with Crippen molar-refractivity contribution >= 4 is 37.3 Å². The van der Waals surface area contributed by atoms with Gasteiger partial charge in [0, 0.05) is 15.9 Å². The standard InChI is InChI=1S/C17H16BrNO3S2/c18-14-5-7-17(8-6-14)24(20,21)19(13-15-3-1-11-22-15)10-9-16-4-2-12-23-16/h1-8,11-12H,9-10,13H2. The lowest BCUT2D eigenvalue weighted by Crippen LogP contribution is -2.32. The smallest absolute Gasteiger partial charge is 0.243 e. The molecule has 4 nitrogen and oxygen atoms in total. The Morgan fingerprint density at radius 1 is 1.08 bits per heavy atom. The van der Waals surface area contributed by atoms with Crippen molar-refractivity contribution in [3.63, 3.8) is 0 Å². The number of nitrogens with zero attached hydrogens (tertiary/aromatic N) is 1. The first-order valence-corrected chi connectivity index (χ1v) is 10.5. The van der Waals surface area contributed by atoms with E-state index in [-0.39, 0.29) is 11.4 Å². The topological polar surface area (TPSA) is 50.5 Å². The highest BCUT2D eigenvalue weighted by Gasteiger charge is 2.25. The molecule has 3 rings (SSSR count). The number of thiophene rings is 1. The molecule has 3 aromatic rings. The molecule has 24 heavy (non-hydrogen) atoms. The minimum Gasteiger partial charge on any atom is -0.468 e. The summed E-state index contributed by atoms with van der Waals surface area (Å²) in [5.74, 6) is 0.627. The largest absolute Gasteiger partial charge is 0.468 e. The van der Waals surface area contributed by atoms with Crippen LogP contribution >= 0.6 is 27.3 Å². The molecule has 0 spiro atoms. The zero-order valence-corrected chi connectivity index (χ0v) is 16.0. The Balaban J connectivity index is 1.85. The Labute approximate surface area is 153 Å². The zero-order valence-electron chi connectivity index (χ0n) is 12.8. The second kappa shape index (κ2) is 7.65. The maximum absolute atomic E-state index is 13.0. The molecule has 0 fully saturated rings. The lowest BCUT2D eigenvalue weighted by molar-refractivity contribution is 0.366. The molecular formula is C17H16BrNO3S2. The fraction of sp³-hybridized carbons (Fsp3) is 0.176. The van der Waals surface area contributed by atoms with Crippen LogP contribution in [0.4, 0.5) is 0 Å². The van der Waals surface area contributed by atoms with Crippen molar-refractivity contribution in [2.24, 2.45) is 0 Å². The van der Waals surface area contributed by atoms with Crippen LogP contribution in [0.3, 0.4) is 0 Å². The van der Waals surface area contributed by atoms with Crippen molar-refractivity contribution in [2.75, 3.05) is 6.54 Å². The van der Waals surface area contributed by atoms with Gasteiger partial charge in [0.2, 0.25) is 10.0 Å². The van der Waals surface area contributed by atoms with E-state index in [1.165, 1.54) is 4.31 Å². The second-order valence-electron chi connectivity index (χ2n) is 5.20. The maximum atomic E-state index is 13.0. The Morgan fingerprint density at radius 3 is 2.50 bits per heavy atom. The van der Waals surface area contributed by atoms with Gasteiger partial charge in [0.05, 0.1) is 17.7 Å². The summed E-state index contributed by atoms with van der Waals surface area (Å²) in [6, 6.07) is 14.2. The van der Waals surface area contributed by atoms with E-state index in [9.17, 15) is 8.42 Å². The Hall–Kier alpha value is -1.41. The van der Waals surface area contributed by atoms with Crippen LogP contribution in [-0.2, 0) is 23.0 Å². The van der Waals surface area contributed by atoms with Gasteiger partial charge in [-0.05, 0) is 54.3 Å². The van der Waals surface area contributed by atoms with Crippen LogP contribution in [0.5, 0.6) is 0 Å². The van der Waals surface area contributed by atoms with E-state index < -0.39 is 10.0 Å². The van der Waals surface area contributed by atoms with Crippen LogP contribution in [0.15, 0.2) is 74.0 Å². The Kier molecular flexibility index (Phi) is 5.55. The van der Waals surface area contributed by atoms with E-state index in [0.717, 1.165) is 9.35 Å². The molecule has 0 bridgehead atoms. The van der Waals surface area contributed by atoms with Gasteiger partial charge in [-0.1, -0.05) is 22.0 Å². The third-order valence-electron chi connectivity index (χ3n) is 3.55. The molecule has 1 aromatic carbocycles. The van der Waals surface area contributed by atoms with Gasteiger partial charge in [-0.3, -0.25) is 0 Å². The molecule has 0 atom stereocenters. The van der Waals surface area contributed by atoms with Gasteiger partial charge in [-0.15, -0.1) is 11.3 Å². The lowest BCUT2D eigenvalue weighted by atomic mass is 10.3. The first-order chi connectivity index (χ1) is 11.6. The molecule has 0 amide bonds. The first-order valence-electron chi connectivity index (χ1n) is 7.36. The van der Waals surface area contributed by atoms with Gasteiger partial charge in [0.15, 0.2) is 0 Å². The lowest BCUT2D eigenvalue weighted by Gasteiger charge is -2.21. The molecule has 126 valence electrons. The van der Waals surface area contributed by atoms with Crippen LogP contribution in [0, 0.1) is 0 Å². The molecule has 0 aliphatic carbocycles. The van der Waals surface area contributed by atoms with E-state index in [0.29, 0.717) is 18.7 Å². The summed E-state index contributed by atoms with van der Waals surface area (Å²) in [6.45, 7) is 0.621. The molecule has 0 saturated carbocycles. The van der Waals surface area contributed by atoms with E-state index in [1.807, 2.05) is 17.5 Å². The van der Waals surface area contributed by atoms with Gasteiger partial charge in [-0.2, -0.15) is 4.31 Å². The number of benzene rings is 1. The number of rotatable bonds is 7. The average Bonchev–Trinajstić information content (AvgIpc) is 3.25. The normalized spacial score (nSPS) is 11.9. The predicted molar refractivity (Wildman–Crippen MR) is 98.5 cm³/mol. The summed E-state index contributed by atoms with van der Waals surface area (Å²) in [4.78, 5) is 1.44. The molecule has 0 aliphatic rings. The van der Waals surface area contributed by atoms with Gasteiger partial charge in [0.1, 0.15) is 5.76 Å². The molecule has 0 aliphatic heterocycles. The van der Waals surface area contributed by atoms with Gasteiger partial charge in [-0.25, -0.2) is 8.42 Å². The van der Waals surface area contributed by atoms with Crippen LogP contribution in [0.1, 0.15) is 10.6 Å². The minimum absolute atomic E-state index is 0.219. The van der Waals surface area contributed by atoms with E-state index in [2.05, 4.69) is 15.9 Å². The fourth-order valence-corrected chi connectivity index (χ4v) is 4.68. The summed E-state index contributed by atoms with van der Waals surface area (Å²) in [5.41, 5.74) is 0. The quantitative estimate of drug-likeness (QED) is 0.558. The second-order valence-corrected chi connectivity index (χ2v) is 9.09. The van der Waals surface area contributed by atoms with E-state index >= 15 is 0 Å². The molecule has 0 N–H and O–H groups in total. The van der Waals surface area contributed by atoms with Crippen molar-refractivity contribution in [2.45, 2.75) is 17.9 Å². The van der Waals surface area contributed by atoms with Crippen LogP contribution in [0.25, 0.3) is 0 Å². The fourth-order valence-electron chi connectivity index (χ4n) is 2.31. The number of hydrogen-bond donors (Lipinski definition) is 0. The minimum atomic E-state index is -3.59. The third kappa shape index (κ3) is 4.16. The van der Waals surface area contributed by atoms with E-state index in [1.54, 1.807) is 54.0 Å². The number of hydrogen-bond acceptors (Lipinski definition) is 4. The predicted octanol–water partition coefficient (Wildman–Crippen LogP) is 4.54. The van der Waals surface area contributed by atoms with Crippen LogP contribution < -0.4 is 0 Å². The molecule has 2 aromatic heterocycles. The van der Waals surface area contributed by atoms with Crippen molar-refractivity contribution in [3.8, 4) is 0 Å². The summed E-state index contributed by atoms with van der Waals surface area (Å²) in [6.07, 6.45) is 2.23. The van der Waals surface area contributed by atoms with Crippen molar-refractivity contribution in [3.05, 3.63) is 75.3 Å². The van der Waals surface area contributed by atoms with Crippen LogP contribution in [-0.4, -0.2) is 19.3 Å². The molecule has 2 heterocycles. The third-order valence-corrected chi connectivity index (χ3v) is 6.88. The summed E-state index contributed by atoms with van der Waals surface area (Å²) in [5, 5.41) is 2.00. The number of furan rings is 1. The van der Waals surface area contributed by atoms with Crippen LogP contribution in [0.2, 0.25) is 0 Å². The number of sulfonamides is 1. The number of halogens is 1. The molecule has 0 radical (unpaired) electrons. The van der Waals surface area contributed by atoms with Gasteiger partial charge >= 0.3 is 0 Å². The maximum Gasteiger partial charge on any atom is 0.243 e. The van der Waals surface area contributed by atoms with Gasteiger partial charge in [0.25, 0.3) is 0 Å². The molecule has 0 unspecified atom stereocenters. The monoisotopic (exact) mass is 425 g/mol. The Morgan fingerprint density at radius 2 is 1.88 bits per heavy atom. The zero-order chi connectivity index (χ0) is 17.0.